The van der Waals surface area contributed by atoms with Crippen LogP contribution in [0.15, 0.2) is 52.2 Å². The fourth-order valence-electron chi connectivity index (χ4n) is 3.19. The monoisotopic (exact) mass is 418 g/mol. The molecule has 3 aromatic rings. The molecule has 29 heavy (non-hydrogen) atoms. The average Bonchev–Trinajstić information content (AvgIpc) is 2.93. The minimum atomic E-state index is -4.04. The number of para-hydroxylation sites is 2. The van der Waals surface area contributed by atoms with Crippen LogP contribution in [0, 0.1) is 0 Å². The van der Waals surface area contributed by atoms with E-state index in [4.69, 9.17) is 9.88 Å². The molecule has 2 aromatic carbocycles. The van der Waals surface area contributed by atoms with Crippen molar-refractivity contribution in [2.75, 3.05) is 12.4 Å². The quantitative estimate of drug-likeness (QED) is 0.602. The first kappa shape index (κ1) is 20.6. The van der Waals surface area contributed by atoms with Crippen molar-refractivity contribution in [2.45, 2.75) is 31.3 Å². The van der Waals surface area contributed by atoms with Crippen LogP contribution in [0.4, 0.5) is 5.69 Å². The Bertz CT molecular complexity index is 1230. The second-order valence-corrected chi connectivity index (χ2v) is 8.00. The van der Waals surface area contributed by atoms with Gasteiger partial charge in [-0.05, 0) is 36.8 Å². The Labute approximate surface area is 167 Å². The summed E-state index contributed by atoms with van der Waals surface area (Å²) in [4.78, 5) is 25.1. The van der Waals surface area contributed by atoms with E-state index in [1.807, 2.05) is 19.1 Å². The minimum absolute atomic E-state index is 0.0735. The molecule has 1 aromatic heterocycles. The molecule has 0 atom stereocenters. The van der Waals surface area contributed by atoms with Crippen LogP contribution in [0.2, 0.25) is 0 Å². The fraction of sp³-hybridized carbons (Fsp3) is 0.263. The summed E-state index contributed by atoms with van der Waals surface area (Å²) in [6, 6.07) is 11.4. The maximum absolute atomic E-state index is 12.8. The number of aryl methyl sites for hydroxylation is 1. The highest BCUT2D eigenvalue weighted by Gasteiger charge is 2.18. The smallest absolute Gasteiger partial charge is 0.329 e. The minimum Gasteiger partial charge on any atom is -0.495 e. The van der Waals surface area contributed by atoms with Gasteiger partial charge in [0.05, 0.1) is 18.1 Å². The molecule has 0 aliphatic rings. The molecule has 9 nitrogen and oxygen atoms in total. The number of fused-ring (bicyclic) bond motifs is 1. The Balaban J connectivity index is 1.91. The predicted molar refractivity (Wildman–Crippen MR) is 109 cm³/mol. The number of nitrogens with two attached hydrogens (primary N) is 1. The SMILES string of the molecule is CCCn1c(=O)n(CC(=O)Nc2ccc(OC)c(S(N)(=O)=O)c2)c2ccccc21. The number of ether oxygens (including phenoxy) is 1. The summed E-state index contributed by atoms with van der Waals surface area (Å²) in [6.07, 6.45) is 0.780. The van der Waals surface area contributed by atoms with Crippen LogP contribution in [0.25, 0.3) is 11.0 Å². The van der Waals surface area contributed by atoms with E-state index >= 15 is 0 Å². The Morgan fingerprint density at radius 3 is 2.38 bits per heavy atom. The highest BCUT2D eigenvalue weighted by Crippen LogP contribution is 2.26. The maximum Gasteiger partial charge on any atom is 0.329 e. The van der Waals surface area contributed by atoms with Crippen LogP contribution in [0.3, 0.4) is 0 Å². The maximum atomic E-state index is 12.8. The van der Waals surface area contributed by atoms with Crippen LogP contribution >= 0.6 is 0 Å². The molecule has 1 amide bonds. The van der Waals surface area contributed by atoms with Crippen LogP contribution in [0.1, 0.15) is 13.3 Å². The largest absolute Gasteiger partial charge is 0.495 e. The van der Waals surface area contributed by atoms with Gasteiger partial charge in [-0.3, -0.25) is 13.9 Å². The van der Waals surface area contributed by atoms with E-state index in [0.29, 0.717) is 12.1 Å². The van der Waals surface area contributed by atoms with Crippen LogP contribution in [-0.4, -0.2) is 30.6 Å². The molecule has 0 spiro atoms. The van der Waals surface area contributed by atoms with Gasteiger partial charge in [0.2, 0.25) is 15.9 Å². The summed E-state index contributed by atoms with van der Waals surface area (Å²) in [5, 5.41) is 7.80. The molecule has 3 rings (SSSR count). The normalized spacial score (nSPS) is 11.6. The number of rotatable bonds is 7. The van der Waals surface area contributed by atoms with Gasteiger partial charge >= 0.3 is 5.69 Å². The summed E-state index contributed by atoms with van der Waals surface area (Å²) in [6.45, 7) is 2.30. The van der Waals surface area contributed by atoms with Gasteiger partial charge < -0.3 is 10.1 Å². The molecule has 0 aliphatic carbocycles. The van der Waals surface area contributed by atoms with E-state index in [1.165, 1.54) is 29.9 Å². The number of carbonyl (C=O) groups is 1. The van der Waals surface area contributed by atoms with Gasteiger partial charge in [0.25, 0.3) is 0 Å². The fourth-order valence-corrected chi connectivity index (χ4v) is 3.91. The number of anilines is 1. The molecule has 0 fully saturated rings. The van der Waals surface area contributed by atoms with Crippen molar-refractivity contribution >= 4 is 32.7 Å². The number of nitrogens with one attached hydrogen (secondary N) is 1. The molecule has 3 N–H and O–H groups in total. The summed E-state index contributed by atoms with van der Waals surface area (Å²) >= 11 is 0. The van der Waals surface area contributed by atoms with Gasteiger partial charge in [-0.15, -0.1) is 0 Å². The van der Waals surface area contributed by atoms with Crippen molar-refractivity contribution in [1.82, 2.24) is 9.13 Å². The number of nitrogens with zero attached hydrogens (tertiary/aromatic N) is 2. The standard InChI is InChI=1S/C19H22N4O5S/c1-3-10-22-14-6-4-5-7-15(14)23(19(22)25)12-18(24)21-13-8-9-16(28-2)17(11-13)29(20,26)27/h4-9,11H,3,10,12H2,1-2H3,(H,21,24)(H2,20,26,27). The summed E-state index contributed by atoms with van der Waals surface area (Å²) in [5.41, 5.74) is 1.36. The Kier molecular flexibility index (Phi) is 5.76. The number of hydrogen-bond acceptors (Lipinski definition) is 5. The first-order valence-corrected chi connectivity index (χ1v) is 10.5. The summed E-state index contributed by atoms with van der Waals surface area (Å²) in [5.74, 6) is -0.401. The van der Waals surface area contributed by atoms with Crippen molar-refractivity contribution < 1.29 is 17.9 Å². The lowest BCUT2D eigenvalue weighted by Crippen LogP contribution is -2.29. The first-order chi connectivity index (χ1) is 13.8. The third-order valence-electron chi connectivity index (χ3n) is 4.43. The predicted octanol–water partition coefficient (Wildman–Crippen LogP) is 1.51. The lowest BCUT2D eigenvalue weighted by molar-refractivity contribution is -0.116. The molecule has 154 valence electrons. The van der Waals surface area contributed by atoms with Gasteiger partial charge in [-0.1, -0.05) is 19.1 Å². The molecule has 0 saturated heterocycles. The van der Waals surface area contributed by atoms with E-state index < -0.39 is 15.9 Å². The van der Waals surface area contributed by atoms with Crippen molar-refractivity contribution in [1.29, 1.82) is 0 Å². The molecule has 0 saturated carbocycles. The van der Waals surface area contributed by atoms with Crippen LogP contribution < -0.4 is 20.9 Å². The van der Waals surface area contributed by atoms with Gasteiger partial charge in [-0.2, -0.15) is 0 Å². The number of methoxy groups -OCH3 is 1. The zero-order valence-corrected chi connectivity index (χ0v) is 16.9. The van der Waals surface area contributed by atoms with E-state index in [-0.39, 0.29) is 28.6 Å². The van der Waals surface area contributed by atoms with E-state index in [2.05, 4.69) is 5.32 Å². The second-order valence-electron chi connectivity index (χ2n) is 6.47. The van der Waals surface area contributed by atoms with Crippen LogP contribution in [0.5, 0.6) is 5.75 Å². The third-order valence-corrected chi connectivity index (χ3v) is 5.36. The number of imidazole rings is 1. The Hall–Kier alpha value is -3.11. The molecule has 0 aliphatic heterocycles. The van der Waals surface area contributed by atoms with Gasteiger partial charge in [-0.25, -0.2) is 18.4 Å². The first-order valence-electron chi connectivity index (χ1n) is 8.95. The molecular formula is C19H22N4O5S. The van der Waals surface area contributed by atoms with E-state index in [9.17, 15) is 18.0 Å². The molecule has 1 heterocycles. The number of benzene rings is 2. The second kappa shape index (κ2) is 8.10. The van der Waals surface area contributed by atoms with Crippen molar-refractivity contribution in [3.63, 3.8) is 0 Å². The van der Waals surface area contributed by atoms with E-state index in [0.717, 1.165) is 11.9 Å². The lowest BCUT2D eigenvalue weighted by Gasteiger charge is -2.10. The number of carbonyl (C=O) groups excluding carboxylic acids is 1. The van der Waals surface area contributed by atoms with Gasteiger partial charge in [0.15, 0.2) is 0 Å². The van der Waals surface area contributed by atoms with E-state index in [1.54, 1.807) is 16.7 Å². The average molecular weight is 418 g/mol. The molecular weight excluding hydrogens is 396 g/mol. The molecule has 0 radical (unpaired) electrons. The number of primary sulfonamides is 1. The third kappa shape index (κ3) is 4.17. The number of sulfonamides is 1. The van der Waals surface area contributed by atoms with Crippen molar-refractivity contribution in [2.24, 2.45) is 5.14 Å². The number of aromatic nitrogens is 2. The molecule has 0 unspecified atom stereocenters. The number of amides is 1. The zero-order valence-electron chi connectivity index (χ0n) is 16.1. The Morgan fingerprint density at radius 1 is 1.14 bits per heavy atom. The summed E-state index contributed by atoms with van der Waals surface area (Å²) in [7, 11) is -2.72. The topological polar surface area (TPSA) is 125 Å². The Morgan fingerprint density at radius 2 is 1.79 bits per heavy atom. The lowest BCUT2D eigenvalue weighted by atomic mass is 10.3. The molecule has 10 heteroatoms. The zero-order chi connectivity index (χ0) is 21.2. The van der Waals surface area contributed by atoms with Crippen molar-refractivity contribution in [3.8, 4) is 5.75 Å². The summed E-state index contributed by atoms with van der Waals surface area (Å²) < 4.78 is 31.5. The van der Waals surface area contributed by atoms with Crippen molar-refractivity contribution in [3.05, 3.63) is 52.9 Å². The highest BCUT2D eigenvalue weighted by atomic mass is 32.2. The highest BCUT2D eigenvalue weighted by molar-refractivity contribution is 7.89. The van der Waals surface area contributed by atoms with Gasteiger partial charge in [0.1, 0.15) is 17.2 Å². The van der Waals surface area contributed by atoms with Crippen LogP contribution in [-0.2, 0) is 27.9 Å². The number of hydrogen-bond donors (Lipinski definition) is 2. The van der Waals surface area contributed by atoms with Gasteiger partial charge in [0, 0.05) is 12.2 Å². The molecule has 0 bridgehead atoms.